The lowest BCUT2D eigenvalue weighted by Gasteiger charge is -2.27. The number of halogens is 1. The Morgan fingerprint density at radius 3 is 2.75 bits per heavy atom. The average Bonchev–Trinajstić information content (AvgIpc) is 2.71. The van der Waals surface area contributed by atoms with Gasteiger partial charge in [0.2, 0.25) is 5.95 Å². The Morgan fingerprint density at radius 1 is 1.07 bits per heavy atom. The zero-order valence-corrected chi connectivity index (χ0v) is 16.5. The zero-order chi connectivity index (χ0) is 19.3. The predicted octanol–water partition coefficient (Wildman–Crippen LogP) is 3.35. The second-order valence-electron chi connectivity index (χ2n) is 6.71. The third-order valence-electron chi connectivity index (χ3n) is 4.62. The minimum absolute atomic E-state index is 0.433. The molecule has 0 bridgehead atoms. The molecule has 1 aliphatic heterocycles. The Hall–Kier alpha value is -2.64. The summed E-state index contributed by atoms with van der Waals surface area (Å²) in [6.07, 6.45) is 1.83. The fraction of sp³-hybridized carbons (Fsp3) is 0.350. The van der Waals surface area contributed by atoms with Crippen LogP contribution in [0.5, 0.6) is 0 Å². The van der Waals surface area contributed by atoms with Crippen LogP contribution in [0.3, 0.4) is 0 Å². The lowest BCUT2D eigenvalue weighted by Crippen LogP contribution is -2.37. The van der Waals surface area contributed by atoms with Crippen molar-refractivity contribution in [2.24, 2.45) is 0 Å². The van der Waals surface area contributed by atoms with Crippen LogP contribution in [0, 0.1) is 6.92 Å². The third-order valence-corrected chi connectivity index (χ3v) is 4.82. The first-order chi connectivity index (χ1) is 13.7. The van der Waals surface area contributed by atoms with Crippen LogP contribution in [0.4, 0.5) is 17.5 Å². The van der Waals surface area contributed by atoms with Gasteiger partial charge >= 0.3 is 0 Å². The highest BCUT2D eigenvalue weighted by atomic mass is 35.5. The third kappa shape index (κ3) is 4.43. The highest BCUT2D eigenvalue weighted by molar-refractivity contribution is 6.29. The summed E-state index contributed by atoms with van der Waals surface area (Å²) >= 11 is 6.18. The van der Waals surface area contributed by atoms with E-state index in [2.05, 4.69) is 55.6 Å². The normalized spacial score (nSPS) is 14.3. The monoisotopic (exact) mass is 398 g/mol. The number of aromatic nitrogens is 3. The van der Waals surface area contributed by atoms with Gasteiger partial charge in [-0.15, -0.1) is 0 Å². The van der Waals surface area contributed by atoms with Crippen LogP contribution < -0.4 is 15.5 Å². The van der Waals surface area contributed by atoms with Gasteiger partial charge in [0.25, 0.3) is 0 Å². The van der Waals surface area contributed by atoms with E-state index in [1.54, 1.807) is 6.07 Å². The quantitative estimate of drug-likeness (QED) is 0.487. The molecule has 2 N–H and O–H groups in total. The van der Waals surface area contributed by atoms with Crippen LogP contribution in [-0.2, 0) is 4.74 Å². The van der Waals surface area contributed by atoms with Crippen molar-refractivity contribution in [2.45, 2.75) is 6.92 Å². The molecule has 3 heterocycles. The molecule has 0 spiro atoms. The van der Waals surface area contributed by atoms with E-state index in [4.69, 9.17) is 16.3 Å². The van der Waals surface area contributed by atoms with Gasteiger partial charge in [0.15, 0.2) is 0 Å². The van der Waals surface area contributed by atoms with E-state index >= 15 is 0 Å². The number of anilines is 3. The molecule has 0 radical (unpaired) electrons. The van der Waals surface area contributed by atoms with Crippen molar-refractivity contribution in [3.05, 3.63) is 47.2 Å². The number of ether oxygens (including phenoxy) is 1. The molecule has 0 atom stereocenters. The highest BCUT2D eigenvalue weighted by Gasteiger charge is 2.15. The van der Waals surface area contributed by atoms with E-state index in [0.717, 1.165) is 42.0 Å². The molecular formula is C20H23ClN6O. The minimum Gasteiger partial charge on any atom is -0.383 e. The molecule has 1 aromatic carbocycles. The molecule has 8 heteroatoms. The molecule has 0 unspecified atom stereocenters. The van der Waals surface area contributed by atoms with Crippen molar-refractivity contribution < 1.29 is 4.74 Å². The van der Waals surface area contributed by atoms with E-state index in [1.165, 1.54) is 5.56 Å². The number of hydrogen-bond donors (Lipinski definition) is 2. The summed E-state index contributed by atoms with van der Waals surface area (Å²) < 4.78 is 5.38. The summed E-state index contributed by atoms with van der Waals surface area (Å²) in [7, 11) is 0. The Labute approximate surface area is 169 Å². The number of morpholine rings is 1. The Balaban J connectivity index is 1.37. The maximum Gasteiger partial charge on any atom is 0.228 e. The van der Waals surface area contributed by atoms with Gasteiger partial charge in [-0.3, -0.25) is 4.98 Å². The lowest BCUT2D eigenvalue weighted by molar-refractivity contribution is 0.122. The fourth-order valence-corrected chi connectivity index (χ4v) is 3.38. The van der Waals surface area contributed by atoms with E-state index < -0.39 is 0 Å². The first kappa shape index (κ1) is 18.7. The van der Waals surface area contributed by atoms with Crippen LogP contribution in [0.1, 0.15) is 5.56 Å². The van der Waals surface area contributed by atoms with Crippen LogP contribution in [-0.4, -0.2) is 54.3 Å². The number of aryl methyl sites for hydroxylation is 1. The number of pyridine rings is 1. The number of nitrogens with zero attached hydrogens (tertiary/aromatic N) is 4. The largest absolute Gasteiger partial charge is 0.383 e. The molecule has 2 aromatic heterocycles. The van der Waals surface area contributed by atoms with Crippen LogP contribution in [0.25, 0.3) is 10.9 Å². The Bertz CT molecular complexity index is 961. The molecule has 1 aliphatic rings. The Morgan fingerprint density at radius 2 is 1.89 bits per heavy atom. The molecule has 28 heavy (non-hydrogen) atoms. The van der Waals surface area contributed by atoms with Gasteiger partial charge in [-0.05, 0) is 24.6 Å². The lowest BCUT2D eigenvalue weighted by atomic mass is 10.1. The summed E-state index contributed by atoms with van der Waals surface area (Å²) in [5, 5.41) is 8.34. The van der Waals surface area contributed by atoms with Crippen molar-refractivity contribution in [3.63, 3.8) is 0 Å². The molecule has 4 rings (SSSR count). The maximum absolute atomic E-state index is 6.18. The topological polar surface area (TPSA) is 75.2 Å². The number of nitrogens with one attached hydrogen (secondary N) is 2. The maximum atomic E-state index is 6.18. The van der Waals surface area contributed by atoms with Crippen molar-refractivity contribution in [2.75, 3.05) is 54.9 Å². The van der Waals surface area contributed by atoms with Gasteiger partial charge in [0.05, 0.1) is 18.7 Å². The van der Waals surface area contributed by atoms with Crippen LogP contribution in [0.2, 0.25) is 5.15 Å². The summed E-state index contributed by atoms with van der Waals surface area (Å²) in [5.41, 5.74) is 3.27. The number of rotatable bonds is 6. The molecular weight excluding hydrogens is 376 g/mol. The first-order valence-electron chi connectivity index (χ1n) is 9.39. The number of hydrogen-bond acceptors (Lipinski definition) is 7. The van der Waals surface area contributed by atoms with Crippen molar-refractivity contribution >= 4 is 40.0 Å². The molecule has 1 fully saturated rings. The standard InChI is InChI=1S/C20H23ClN6O/c1-14-2-3-15-16(4-5-22-17(15)12-14)23-6-7-24-19-13-18(21)25-20(26-19)27-8-10-28-11-9-27/h2-5,12-13H,6-11H2,1H3,(H,22,23)(H,24,25,26). The van der Waals surface area contributed by atoms with Gasteiger partial charge in [-0.25, -0.2) is 4.98 Å². The van der Waals surface area contributed by atoms with Crippen molar-refractivity contribution in [3.8, 4) is 0 Å². The second-order valence-corrected chi connectivity index (χ2v) is 7.10. The van der Waals surface area contributed by atoms with Gasteiger partial charge in [0, 0.05) is 49.5 Å². The molecule has 146 valence electrons. The summed E-state index contributed by atoms with van der Waals surface area (Å²) in [5.74, 6) is 1.36. The number of fused-ring (bicyclic) bond motifs is 1. The number of benzene rings is 1. The molecule has 0 aliphatic carbocycles. The second kappa shape index (κ2) is 8.58. The van der Waals surface area contributed by atoms with Gasteiger partial charge in [-0.1, -0.05) is 23.7 Å². The zero-order valence-electron chi connectivity index (χ0n) is 15.8. The van der Waals surface area contributed by atoms with Gasteiger partial charge in [0.1, 0.15) is 11.0 Å². The molecule has 7 nitrogen and oxygen atoms in total. The average molecular weight is 399 g/mol. The SMILES string of the molecule is Cc1ccc2c(NCCNc3cc(Cl)nc(N4CCOCC4)n3)ccnc2c1. The van der Waals surface area contributed by atoms with Crippen LogP contribution in [0.15, 0.2) is 36.5 Å². The van der Waals surface area contributed by atoms with E-state index in [9.17, 15) is 0 Å². The molecule has 3 aromatic rings. The summed E-state index contributed by atoms with van der Waals surface area (Å²) in [6.45, 7) is 6.42. The molecule has 0 amide bonds. The predicted molar refractivity (Wildman–Crippen MR) is 114 cm³/mol. The highest BCUT2D eigenvalue weighted by Crippen LogP contribution is 2.22. The Kier molecular flexibility index (Phi) is 5.73. The first-order valence-corrected chi connectivity index (χ1v) is 9.77. The van der Waals surface area contributed by atoms with Crippen molar-refractivity contribution in [1.82, 2.24) is 15.0 Å². The van der Waals surface area contributed by atoms with Gasteiger partial charge < -0.3 is 20.3 Å². The van der Waals surface area contributed by atoms with Gasteiger partial charge in [-0.2, -0.15) is 4.98 Å². The van der Waals surface area contributed by atoms with E-state index in [1.807, 2.05) is 12.3 Å². The smallest absolute Gasteiger partial charge is 0.228 e. The van der Waals surface area contributed by atoms with Crippen molar-refractivity contribution in [1.29, 1.82) is 0 Å². The summed E-state index contributed by atoms with van der Waals surface area (Å²) in [4.78, 5) is 15.5. The van der Waals surface area contributed by atoms with E-state index in [0.29, 0.717) is 30.9 Å². The van der Waals surface area contributed by atoms with Crippen LogP contribution >= 0.6 is 11.6 Å². The molecule has 0 saturated carbocycles. The van der Waals surface area contributed by atoms with E-state index in [-0.39, 0.29) is 0 Å². The molecule has 1 saturated heterocycles. The minimum atomic E-state index is 0.433. The fourth-order valence-electron chi connectivity index (χ4n) is 3.20. The summed E-state index contributed by atoms with van der Waals surface area (Å²) in [6, 6.07) is 10.0.